The lowest BCUT2D eigenvalue weighted by atomic mass is 10.4. The van der Waals surface area contributed by atoms with Crippen molar-refractivity contribution in [2.24, 2.45) is 0 Å². The van der Waals surface area contributed by atoms with Crippen LogP contribution in [0.2, 0.25) is 0 Å². The van der Waals surface area contributed by atoms with Gasteiger partial charge in [0, 0.05) is 0 Å². The van der Waals surface area contributed by atoms with Crippen molar-refractivity contribution in [1.29, 1.82) is 0 Å². The lowest BCUT2D eigenvalue weighted by Gasteiger charge is -2.06. The van der Waals surface area contributed by atoms with E-state index in [2.05, 4.69) is 67.6 Å². The van der Waals surface area contributed by atoms with Crippen LogP contribution in [0.4, 0.5) is 0 Å². The first-order valence-electron chi connectivity index (χ1n) is 5.73. The second-order valence-corrected chi connectivity index (χ2v) is 5.85. The quantitative estimate of drug-likeness (QED) is 0.743. The Kier molecular flexibility index (Phi) is 6.38. The Hall–Kier alpha value is -0.730. The minimum absolute atomic E-state index is 0. The van der Waals surface area contributed by atoms with Crippen molar-refractivity contribution in [2.75, 3.05) is 5.75 Å². The molecule has 0 nitrogen and oxygen atoms in total. The fourth-order valence-electron chi connectivity index (χ4n) is 1.75. The molecule has 2 aromatic rings. The van der Waals surface area contributed by atoms with E-state index in [-0.39, 0.29) is 27.9 Å². The third-order valence-electron chi connectivity index (χ3n) is 2.46. The molecular weight excluding hydrogens is 292 g/mol. The second kappa shape index (κ2) is 7.57. The van der Waals surface area contributed by atoms with Crippen LogP contribution in [-0.2, 0) is 10.9 Å². The first-order chi connectivity index (χ1) is 7.92. The van der Waals surface area contributed by atoms with Gasteiger partial charge in [-0.25, -0.2) is 0 Å². The summed E-state index contributed by atoms with van der Waals surface area (Å²) in [6.07, 6.45) is 1.23. The van der Waals surface area contributed by atoms with Gasteiger partial charge >= 0.3 is 0 Å². The maximum absolute atomic E-state index is 2.26. The van der Waals surface area contributed by atoms with Crippen LogP contribution < -0.4 is 17.0 Å². The fraction of sp³-hybridized carbons (Fsp3) is 0.200. The summed E-state index contributed by atoms with van der Waals surface area (Å²) < 4.78 is 0. The number of halogens is 1. The van der Waals surface area contributed by atoms with Crippen LogP contribution >= 0.6 is 0 Å². The van der Waals surface area contributed by atoms with E-state index in [0.717, 1.165) is 0 Å². The molecule has 0 heterocycles. The smallest absolute Gasteiger partial charge is 0.160 e. The van der Waals surface area contributed by atoms with Crippen LogP contribution in [0.15, 0.2) is 70.5 Å². The monoisotopic (exact) mass is 308 g/mol. The van der Waals surface area contributed by atoms with Gasteiger partial charge in [0.25, 0.3) is 0 Å². The molecule has 0 aliphatic carbocycles. The molecule has 90 valence electrons. The van der Waals surface area contributed by atoms with E-state index >= 15 is 0 Å². The third-order valence-corrected chi connectivity index (χ3v) is 4.96. The molecule has 0 aromatic heterocycles. The molecule has 0 radical (unpaired) electrons. The van der Waals surface area contributed by atoms with Crippen LogP contribution in [0.1, 0.15) is 13.3 Å². The van der Waals surface area contributed by atoms with Crippen molar-refractivity contribution in [1.82, 2.24) is 0 Å². The summed E-state index contributed by atoms with van der Waals surface area (Å²) in [6.45, 7) is 2.26. The molecule has 0 saturated heterocycles. The summed E-state index contributed by atoms with van der Waals surface area (Å²) in [5, 5.41) is 0. The largest absolute Gasteiger partial charge is 1.00 e. The molecule has 0 saturated carbocycles. The van der Waals surface area contributed by atoms with E-state index in [1.165, 1.54) is 22.0 Å². The van der Waals surface area contributed by atoms with Gasteiger partial charge in [0.2, 0.25) is 0 Å². The average molecular weight is 309 g/mol. The second-order valence-electron chi connectivity index (χ2n) is 3.72. The average Bonchev–Trinajstić information content (AvgIpc) is 2.38. The van der Waals surface area contributed by atoms with Crippen molar-refractivity contribution >= 4 is 10.9 Å². The Bertz CT molecular complexity index is 374. The van der Waals surface area contributed by atoms with Gasteiger partial charge in [-0.15, -0.1) is 0 Å². The van der Waals surface area contributed by atoms with Crippen LogP contribution in [0.25, 0.3) is 0 Å². The van der Waals surface area contributed by atoms with E-state index in [4.69, 9.17) is 0 Å². The third kappa shape index (κ3) is 3.90. The van der Waals surface area contributed by atoms with E-state index < -0.39 is 0 Å². The lowest BCUT2D eigenvalue weighted by molar-refractivity contribution is -0.00000327. The molecule has 0 aliphatic rings. The van der Waals surface area contributed by atoms with Crippen molar-refractivity contribution in [3.05, 3.63) is 60.7 Å². The van der Waals surface area contributed by atoms with E-state index in [9.17, 15) is 0 Å². The topological polar surface area (TPSA) is 0 Å². The van der Waals surface area contributed by atoms with Crippen molar-refractivity contribution in [3.8, 4) is 0 Å². The van der Waals surface area contributed by atoms with Crippen molar-refractivity contribution in [2.45, 2.75) is 23.1 Å². The van der Waals surface area contributed by atoms with Gasteiger partial charge < -0.3 is 17.0 Å². The zero-order chi connectivity index (χ0) is 11.2. The maximum atomic E-state index is 2.26. The molecule has 0 fully saturated rings. The lowest BCUT2D eigenvalue weighted by Crippen LogP contribution is -3.00. The fourth-order valence-corrected chi connectivity index (χ4v) is 3.87. The van der Waals surface area contributed by atoms with Crippen LogP contribution in [-0.4, -0.2) is 5.75 Å². The first-order valence-corrected chi connectivity index (χ1v) is 7.12. The molecule has 0 unspecified atom stereocenters. The molecule has 0 amide bonds. The number of rotatable bonds is 4. The Labute approximate surface area is 117 Å². The molecule has 0 bridgehead atoms. The van der Waals surface area contributed by atoms with Gasteiger partial charge in [-0.1, -0.05) is 43.3 Å². The molecule has 0 atom stereocenters. The van der Waals surface area contributed by atoms with E-state index in [0.29, 0.717) is 0 Å². The van der Waals surface area contributed by atoms with Crippen LogP contribution in [0.5, 0.6) is 0 Å². The Morgan fingerprint density at radius 1 is 0.765 bits per heavy atom. The molecule has 0 N–H and O–H groups in total. The summed E-state index contributed by atoms with van der Waals surface area (Å²) in [7, 11) is 0.249. The zero-order valence-electron chi connectivity index (χ0n) is 9.97. The molecule has 0 aliphatic heterocycles. The number of hydrogen-bond donors (Lipinski definition) is 0. The molecule has 2 rings (SSSR count). The number of hydrogen-bond acceptors (Lipinski definition) is 0. The normalized spacial score (nSPS) is 10.0. The van der Waals surface area contributed by atoms with Gasteiger partial charge in [0.15, 0.2) is 9.79 Å². The van der Waals surface area contributed by atoms with Crippen LogP contribution in [0, 0.1) is 0 Å². The molecule has 2 heteroatoms. The maximum Gasteiger partial charge on any atom is 0.160 e. The van der Waals surface area contributed by atoms with E-state index in [1.807, 2.05) is 0 Å². The van der Waals surface area contributed by atoms with E-state index in [1.54, 1.807) is 0 Å². The van der Waals surface area contributed by atoms with Crippen LogP contribution in [0.3, 0.4) is 0 Å². The highest BCUT2D eigenvalue weighted by Gasteiger charge is 2.22. The Morgan fingerprint density at radius 3 is 1.53 bits per heavy atom. The van der Waals surface area contributed by atoms with Gasteiger partial charge in [0.1, 0.15) is 5.75 Å². The zero-order valence-corrected chi connectivity index (χ0v) is 12.4. The SMILES string of the molecule is CCC[S+](c1ccccc1)c1ccccc1.[Br-]. The minimum Gasteiger partial charge on any atom is -1.00 e. The molecule has 17 heavy (non-hydrogen) atoms. The minimum atomic E-state index is 0. The first kappa shape index (κ1) is 14.3. The standard InChI is InChI=1S/C15H17S.BrH/c1-2-13-16(14-9-5-3-6-10-14)15-11-7-4-8-12-15;/h3-12H,2,13H2,1H3;1H/q+1;/p-1. The molecular formula is C15H17BrS. The predicted molar refractivity (Wildman–Crippen MR) is 71.9 cm³/mol. The Morgan fingerprint density at radius 2 is 1.18 bits per heavy atom. The summed E-state index contributed by atoms with van der Waals surface area (Å²) in [5.74, 6) is 1.24. The highest BCUT2D eigenvalue weighted by Crippen LogP contribution is 2.23. The summed E-state index contributed by atoms with van der Waals surface area (Å²) >= 11 is 0. The van der Waals surface area contributed by atoms with Gasteiger partial charge in [-0.3, -0.25) is 0 Å². The van der Waals surface area contributed by atoms with Crippen molar-refractivity contribution in [3.63, 3.8) is 0 Å². The molecule has 2 aromatic carbocycles. The highest BCUT2D eigenvalue weighted by molar-refractivity contribution is 7.97. The summed E-state index contributed by atoms with van der Waals surface area (Å²) in [4.78, 5) is 2.91. The predicted octanol–water partition coefficient (Wildman–Crippen LogP) is 1.14. The highest BCUT2D eigenvalue weighted by atomic mass is 79.9. The summed E-state index contributed by atoms with van der Waals surface area (Å²) in [5.41, 5.74) is 0. The van der Waals surface area contributed by atoms with Gasteiger partial charge in [0.05, 0.1) is 10.9 Å². The number of benzene rings is 2. The van der Waals surface area contributed by atoms with Gasteiger partial charge in [-0.2, -0.15) is 0 Å². The summed E-state index contributed by atoms with van der Waals surface area (Å²) in [6, 6.07) is 21.7. The van der Waals surface area contributed by atoms with Gasteiger partial charge in [-0.05, 0) is 30.7 Å². The molecule has 0 spiro atoms. The van der Waals surface area contributed by atoms with Crippen molar-refractivity contribution < 1.29 is 17.0 Å². The Balaban J connectivity index is 0.00000144.